The van der Waals surface area contributed by atoms with Crippen molar-refractivity contribution in [3.05, 3.63) is 34.1 Å². The van der Waals surface area contributed by atoms with Crippen LogP contribution in [0.2, 0.25) is 5.02 Å². The molecule has 0 heterocycles. The summed E-state index contributed by atoms with van der Waals surface area (Å²) in [6.07, 6.45) is 4.09. The first-order valence-electron chi connectivity index (χ1n) is 6.19. The summed E-state index contributed by atoms with van der Waals surface area (Å²) in [5, 5.41) is 0.556. The molecule has 2 aliphatic rings. The van der Waals surface area contributed by atoms with Gasteiger partial charge in [0.25, 0.3) is 0 Å². The third-order valence-electron chi connectivity index (χ3n) is 4.39. The SMILES string of the molecule is Cc1cc(C(Br)C2C3CCCC32)c(Cl)cc1F. The Labute approximate surface area is 115 Å². The molecule has 0 N–H and O–H groups in total. The number of rotatable bonds is 2. The highest BCUT2D eigenvalue weighted by Gasteiger charge is 2.55. The lowest BCUT2D eigenvalue weighted by atomic mass is 10.0. The van der Waals surface area contributed by atoms with Crippen molar-refractivity contribution in [1.82, 2.24) is 0 Å². The van der Waals surface area contributed by atoms with Crippen molar-refractivity contribution in [2.75, 3.05) is 0 Å². The molecule has 3 unspecified atom stereocenters. The van der Waals surface area contributed by atoms with Gasteiger partial charge in [-0.1, -0.05) is 40.0 Å². The Balaban J connectivity index is 1.87. The second-order valence-corrected chi connectivity index (χ2v) is 6.75. The molecule has 0 spiro atoms. The van der Waals surface area contributed by atoms with Crippen LogP contribution in [0.4, 0.5) is 4.39 Å². The molecule has 2 aliphatic carbocycles. The molecular weight excluding hydrogens is 303 g/mol. The number of hydrogen-bond acceptors (Lipinski definition) is 0. The monoisotopic (exact) mass is 316 g/mol. The van der Waals surface area contributed by atoms with Crippen molar-refractivity contribution in [2.24, 2.45) is 17.8 Å². The minimum Gasteiger partial charge on any atom is -0.207 e. The number of halogens is 3. The summed E-state index contributed by atoms with van der Waals surface area (Å²) in [6, 6.07) is 3.34. The Morgan fingerprint density at radius 1 is 1.35 bits per heavy atom. The van der Waals surface area contributed by atoms with Crippen LogP contribution in [-0.4, -0.2) is 0 Å². The topological polar surface area (TPSA) is 0 Å². The third kappa shape index (κ3) is 1.94. The van der Waals surface area contributed by atoms with E-state index in [1.54, 1.807) is 6.92 Å². The average molecular weight is 318 g/mol. The molecular formula is C14H15BrClF. The van der Waals surface area contributed by atoms with E-state index in [2.05, 4.69) is 15.9 Å². The van der Waals surface area contributed by atoms with Crippen LogP contribution in [0.5, 0.6) is 0 Å². The molecule has 0 bridgehead atoms. The smallest absolute Gasteiger partial charge is 0.127 e. The van der Waals surface area contributed by atoms with Gasteiger partial charge in [-0.15, -0.1) is 0 Å². The second-order valence-electron chi connectivity index (χ2n) is 5.36. The fourth-order valence-electron chi connectivity index (χ4n) is 3.41. The fourth-order valence-corrected chi connectivity index (χ4v) is 4.97. The predicted octanol–water partition coefficient (Wildman–Crippen LogP) is 5.27. The Bertz CT molecular complexity index is 450. The van der Waals surface area contributed by atoms with Gasteiger partial charge >= 0.3 is 0 Å². The van der Waals surface area contributed by atoms with Crippen molar-refractivity contribution < 1.29 is 4.39 Å². The van der Waals surface area contributed by atoms with E-state index in [0.29, 0.717) is 21.3 Å². The zero-order valence-corrected chi connectivity index (χ0v) is 12.1. The van der Waals surface area contributed by atoms with E-state index in [-0.39, 0.29) is 5.82 Å². The van der Waals surface area contributed by atoms with Gasteiger partial charge in [0.15, 0.2) is 0 Å². The molecule has 3 atom stereocenters. The molecule has 1 aromatic carbocycles. The lowest BCUT2D eigenvalue weighted by molar-refractivity contribution is 0.580. The van der Waals surface area contributed by atoms with Crippen LogP contribution in [-0.2, 0) is 0 Å². The lowest BCUT2D eigenvalue weighted by Crippen LogP contribution is -2.00. The minimum atomic E-state index is -0.213. The molecule has 3 heteroatoms. The largest absolute Gasteiger partial charge is 0.207 e. The van der Waals surface area contributed by atoms with Gasteiger partial charge in [0, 0.05) is 9.85 Å². The van der Waals surface area contributed by atoms with Gasteiger partial charge in [0.2, 0.25) is 0 Å². The van der Waals surface area contributed by atoms with Gasteiger partial charge in [0.1, 0.15) is 5.82 Å². The van der Waals surface area contributed by atoms with E-state index >= 15 is 0 Å². The van der Waals surface area contributed by atoms with Gasteiger partial charge in [-0.25, -0.2) is 4.39 Å². The highest BCUT2D eigenvalue weighted by atomic mass is 79.9. The quantitative estimate of drug-likeness (QED) is 0.652. The maximum Gasteiger partial charge on any atom is 0.127 e. The summed E-state index contributed by atoms with van der Waals surface area (Å²) in [5.74, 6) is 2.25. The maximum absolute atomic E-state index is 13.4. The van der Waals surface area contributed by atoms with Crippen LogP contribution in [0.15, 0.2) is 12.1 Å². The predicted molar refractivity (Wildman–Crippen MR) is 72.1 cm³/mol. The number of hydrogen-bond donors (Lipinski definition) is 0. The number of aryl methyl sites for hydroxylation is 1. The summed E-state index contributed by atoms with van der Waals surface area (Å²) < 4.78 is 13.4. The van der Waals surface area contributed by atoms with Crippen molar-refractivity contribution in [2.45, 2.75) is 31.0 Å². The summed E-state index contributed by atoms with van der Waals surface area (Å²) in [7, 11) is 0. The van der Waals surface area contributed by atoms with E-state index in [4.69, 9.17) is 11.6 Å². The molecule has 0 aliphatic heterocycles. The molecule has 92 valence electrons. The van der Waals surface area contributed by atoms with Gasteiger partial charge in [0.05, 0.1) is 0 Å². The van der Waals surface area contributed by atoms with E-state index in [9.17, 15) is 4.39 Å². The lowest BCUT2D eigenvalue weighted by Gasteiger charge is -2.15. The molecule has 1 aromatic rings. The Morgan fingerprint density at radius 2 is 2.00 bits per heavy atom. The van der Waals surface area contributed by atoms with Gasteiger partial charge < -0.3 is 0 Å². The molecule has 3 rings (SSSR count). The molecule has 0 radical (unpaired) electrons. The summed E-state index contributed by atoms with van der Waals surface area (Å²) in [4.78, 5) is 0.296. The normalized spacial score (nSPS) is 32.4. The molecule has 2 fully saturated rings. The van der Waals surface area contributed by atoms with Crippen molar-refractivity contribution in [3.63, 3.8) is 0 Å². The molecule has 0 aromatic heterocycles. The van der Waals surface area contributed by atoms with Gasteiger partial charge in [-0.2, -0.15) is 0 Å². The highest BCUT2D eigenvalue weighted by Crippen LogP contribution is 2.64. The Kier molecular flexibility index (Phi) is 2.99. The zero-order valence-electron chi connectivity index (χ0n) is 9.72. The zero-order chi connectivity index (χ0) is 12.2. The van der Waals surface area contributed by atoms with Crippen LogP contribution in [0.25, 0.3) is 0 Å². The standard InChI is InChI=1S/C14H15BrClF/c1-7-5-10(11(16)6-12(7)17)14(15)13-8-3-2-4-9(8)13/h5-6,8-9,13-14H,2-4H2,1H3. The first kappa shape index (κ1) is 12.0. The third-order valence-corrected chi connectivity index (χ3v) is 5.82. The average Bonchev–Trinajstić information content (AvgIpc) is 2.76. The van der Waals surface area contributed by atoms with Crippen molar-refractivity contribution >= 4 is 27.5 Å². The van der Waals surface area contributed by atoms with Gasteiger partial charge in [-0.3, -0.25) is 0 Å². The number of benzene rings is 1. The molecule has 17 heavy (non-hydrogen) atoms. The Hall–Kier alpha value is -0.0800. The Morgan fingerprint density at radius 3 is 2.65 bits per heavy atom. The second kappa shape index (κ2) is 4.24. The summed E-state index contributed by atoms with van der Waals surface area (Å²) >= 11 is 9.93. The van der Waals surface area contributed by atoms with Crippen molar-refractivity contribution in [3.8, 4) is 0 Å². The molecule has 2 saturated carbocycles. The highest BCUT2D eigenvalue weighted by molar-refractivity contribution is 9.09. The summed E-state index contributed by atoms with van der Waals surface area (Å²) in [6.45, 7) is 1.79. The van der Waals surface area contributed by atoms with Crippen LogP contribution >= 0.6 is 27.5 Å². The van der Waals surface area contributed by atoms with Crippen LogP contribution in [0.3, 0.4) is 0 Å². The van der Waals surface area contributed by atoms with Crippen LogP contribution in [0.1, 0.15) is 35.2 Å². The maximum atomic E-state index is 13.4. The van der Waals surface area contributed by atoms with E-state index < -0.39 is 0 Å². The van der Waals surface area contributed by atoms with Crippen molar-refractivity contribution in [1.29, 1.82) is 0 Å². The first-order valence-corrected chi connectivity index (χ1v) is 7.48. The minimum absolute atomic E-state index is 0.213. The van der Waals surface area contributed by atoms with E-state index in [1.165, 1.54) is 25.3 Å². The van der Waals surface area contributed by atoms with Crippen LogP contribution in [0, 0.1) is 30.5 Å². The number of fused-ring (bicyclic) bond motifs is 1. The molecule has 0 saturated heterocycles. The first-order chi connectivity index (χ1) is 8.09. The molecule has 0 amide bonds. The van der Waals surface area contributed by atoms with Crippen LogP contribution < -0.4 is 0 Å². The van der Waals surface area contributed by atoms with E-state index in [1.807, 2.05) is 6.07 Å². The molecule has 0 nitrogen and oxygen atoms in total. The number of alkyl halides is 1. The van der Waals surface area contributed by atoms with Gasteiger partial charge in [-0.05, 0) is 54.7 Å². The van der Waals surface area contributed by atoms with E-state index in [0.717, 1.165) is 17.4 Å². The summed E-state index contributed by atoms with van der Waals surface area (Å²) in [5.41, 5.74) is 1.74. The fraction of sp³-hybridized carbons (Fsp3) is 0.571.